The molecule has 0 aromatic carbocycles. The van der Waals surface area contributed by atoms with Gasteiger partial charge in [0.2, 0.25) is 0 Å². The van der Waals surface area contributed by atoms with Crippen LogP contribution in [0, 0.1) is 11.8 Å². The summed E-state index contributed by atoms with van der Waals surface area (Å²) >= 11 is 0. The molecule has 0 heterocycles. The summed E-state index contributed by atoms with van der Waals surface area (Å²) in [4.78, 5) is 0. The van der Waals surface area contributed by atoms with E-state index in [4.69, 9.17) is 0 Å². The summed E-state index contributed by atoms with van der Waals surface area (Å²) in [7, 11) is 2.15. The molecule has 3 unspecified atom stereocenters. The van der Waals surface area contributed by atoms with E-state index in [1.54, 1.807) is 0 Å². The highest BCUT2D eigenvalue weighted by atomic mass is 14.9. The summed E-state index contributed by atoms with van der Waals surface area (Å²) in [6.45, 7) is 4.63. The van der Waals surface area contributed by atoms with Crippen molar-refractivity contribution in [2.75, 3.05) is 7.05 Å². The molecule has 15 heavy (non-hydrogen) atoms. The minimum Gasteiger partial charge on any atom is -0.317 e. The average Bonchev–Trinajstić information content (AvgIpc) is 2.73. The summed E-state index contributed by atoms with van der Waals surface area (Å²) < 4.78 is 0. The molecule has 1 heteroatoms. The van der Waals surface area contributed by atoms with Crippen LogP contribution in [0.25, 0.3) is 0 Å². The van der Waals surface area contributed by atoms with Crippen molar-refractivity contribution in [3.05, 3.63) is 0 Å². The molecule has 1 aliphatic carbocycles. The average molecular weight is 211 g/mol. The second-order valence-corrected chi connectivity index (χ2v) is 5.24. The molecule has 0 amide bonds. The summed E-state index contributed by atoms with van der Waals surface area (Å²) in [6.07, 6.45) is 11.4. The van der Waals surface area contributed by atoms with E-state index < -0.39 is 0 Å². The zero-order chi connectivity index (χ0) is 11.1. The van der Waals surface area contributed by atoms with Crippen LogP contribution in [-0.2, 0) is 0 Å². The molecule has 1 N–H and O–H groups in total. The van der Waals surface area contributed by atoms with Gasteiger partial charge >= 0.3 is 0 Å². The van der Waals surface area contributed by atoms with E-state index in [1.807, 2.05) is 0 Å². The predicted molar refractivity (Wildman–Crippen MR) is 68.1 cm³/mol. The Bertz CT molecular complexity index is 155. The smallest absolute Gasteiger partial charge is 0.00924 e. The van der Waals surface area contributed by atoms with Crippen molar-refractivity contribution in [3.63, 3.8) is 0 Å². The quantitative estimate of drug-likeness (QED) is 0.628. The van der Waals surface area contributed by atoms with Crippen LogP contribution in [0.3, 0.4) is 0 Å². The van der Waals surface area contributed by atoms with Crippen LogP contribution >= 0.6 is 0 Å². The van der Waals surface area contributed by atoms with Crippen LogP contribution in [0.5, 0.6) is 0 Å². The first-order valence-electron chi connectivity index (χ1n) is 6.99. The van der Waals surface area contributed by atoms with Gasteiger partial charge in [0.25, 0.3) is 0 Å². The fraction of sp³-hybridized carbons (Fsp3) is 1.00. The Kier molecular flexibility index (Phi) is 6.31. The van der Waals surface area contributed by atoms with E-state index in [2.05, 4.69) is 26.2 Å². The predicted octanol–water partition coefficient (Wildman–Crippen LogP) is 3.98. The number of hydrogen-bond donors (Lipinski definition) is 1. The van der Waals surface area contributed by atoms with Crippen LogP contribution in [0.4, 0.5) is 0 Å². The number of nitrogens with one attached hydrogen (secondary N) is 1. The van der Waals surface area contributed by atoms with Gasteiger partial charge in [-0.1, -0.05) is 46.0 Å². The van der Waals surface area contributed by atoms with Crippen molar-refractivity contribution < 1.29 is 0 Å². The molecule has 0 aliphatic heterocycles. The summed E-state index contributed by atoms with van der Waals surface area (Å²) in [5, 5.41) is 3.55. The van der Waals surface area contributed by atoms with Gasteiger partial charge in [-0.3, -0.25) is 0 Å². The summed E-state index contributed by atoms with van der Waals surface area (Å²) in [5.74, 6) is 1.99. The first-order chi connectivity index (χ1) is 7.31. The fourth-order valence-electron chi connectivity index (χ4n) is 3.08. The zero-order valence-corrected chi connectivity index (χ0v) is 10.9. The molecule has 0 radical (unpaired) electrons. The van der Waals surface area contributed by atoms with Crippen LogP contribution in [0.2, 0.25) is 0 Å². The first kappa shape index (κ1) is 13.0. The van der Waals surface area contributed by atoms with Crippen LogP contribution in [0.1, 0.15) is 65.2 Å². The third-order valence-electron chi connectivity index (χ3n) is 4.22. The van der Waals surface area contributed by atoms with Crippen molar-refractivity contribution in [2.45, 2.75) is 71.3 Å². The molecule has 0 bridgehead atoms. The lowest BCUT2D eigenvalue weighted by atomic mass is 9.92. The number of unbranched alkanes of at least 4 members (excludes halogenated alkanes) is 2. The van der Waals surface area contributed by atoms with Crippen LogP contribution < -0.4 is 5.32 Å². The standard InChI is InChI=1S/C14H29N/c1-4-6-7-8-14(15-3)13-10-9-12(5-2)11-13/h12-15H,4-11H2,1-3H3. The third kappa shape index (κ3) is 4.14. The minimum atomic E-state index is 0.799. The van der Waals surface area contributed by atoms with E-state index in [1.165, 1.54) is 51.4 Å². The lowest BCUT2D eigenvalue weighted by Crippen LogP contribution is -2.32. The molecule has 0 saturated heterocycles. The van der Waals surface area contributed by atoms with Gasteiger partial charge in [0.15, 0.2) is 0 Å². The molecule has 0 spiro atoms. The summed E-state index contributed by atoms with van der Waals surface area (Å²) in [6, 6.07) is 0.799. The van der Waals surface area contributed by atoms with Gasteiger partial charge < -0.3 is 5.32 Å². The normalized spacial score (nSPS) is 28.2. The zero-order valence-electron chi connectivity index (χ0n) is 10.9. The minimum absolute atomic E-state index is 0.799. The molecule has 1 fully saturated rings. The van der Waals surface area contributed by atoms with Crippen molar-refractivity contribution >= 4 is 0 Å². The van der Waals surface area contributed by atoms with E-state index >= 15 is 0 Å². The van der Waals surface area contributed by atoms with Crippen LogP contribution in [-0.4, -0.2) is 13.1 Å². The second kappa shape index (κ2) is 7.27. The molecular formula is C14H29N. The maximum Gasteiger partial charge on any atom is 0.00924 e. The van der Waals surface area contributed by atoms with Crippen LogP contribution in [0.15, 0.2) is 0 Å². The molecule has 1 aliphatic rings. The van der Waals surface area contributed by atoms with Gasteiger partial charge in [-0.2, -0.15) is 0 Å². The molecule has 1 nitrogen and oxygen atoms in total. The highest BCUT2D eigenvalue weighted by Gasteiger charge is 2.28. The van der Waals surface area contributed by atoms with Gasteiger partial charge in [0.1, 0.15) is 0 Å². The number of hydrogen-bond acceptors (Lipinski definition) is 1. The molecule has 90 valence electrons. The lowest BCUT2D eigenvalue weighted by Gasteiger charge is -2.23. The molecular weight excluding hydrogens is 182 g/mol. The molecule has 3 atom stereocenters. The Morgan fingerprint density at radius 1 is 1.20 bits per heavy atom. The van der Waals surface area contributed by atoms with Crippen molar-refractivity contribution in [3.8, 4) is 0 Å². The maximum atomic E-state index is 3.55. The molecule has 0 aromatic rings. The van der Waals surface area contributed by atoms with Crippen molar-refractivity contribution in [1.82, 2.24) is 5.32 Å². The first-order valence-corrected chi connectivity index (χ1v) is 6.99. The summed E-state index contributed by atoms with van der Waals surface area (Å²) in [5.41, 5.74) is 0. The molecule has 0 aromatic heterocycles. The highest BCUT2D eigenvalue weighted by molar-refractivity contribution is 4.83. The Balaban J connectivity index is 2.25. The van der Waals surface area contributed by atoms with Crippen molar-refractivity contribution in [2.24, 2.45) is 11.8 Å². The fourth-order valence-corrected chi connectivity index (χ4v) is 3.08. The van der Waals surface area contributed by atoms with Gasteiger partial charge in [0.05, 0.1) is 0 Å². The van der Waals surface area contributed by atoms with Gasteiger partial charge in [-0.15, -0.1) is 0 Å². The van der Waals surface area contributed by atoms with Crippen molar-refractivity contribution in [1.29, 1.82) is 0 Å². The molecule has 1 saturated carbocycles. The largest absolute Gasteiger partial charge is 0.317 e. The Morgan fingerprint density at radius 3 is 2.53 bits per heavy atom. The second-order valence-electron chi connectivity index (χ2n) is 5.24. The van der Waals surface area contributed by atoms with E-state index in [-0.39, 0.29) is 0 Å². The Labute approximate surface area is 96.0 Å². The topological polar surface area (TPSA) is 12.0 Å². The Hall–Kier alpha value is -0.0400. The number of rotatable bonds is 7. The van der Waals surface area contributed by atoms with E-state index in [9.17, 15) is 0 Å². The van der Waals surface area contributed by atoms with E-state index in [0.29, 0.717) is 0 Å². The maximum absolute atomic E-state index is 3.55. The van der Waals surface area contributed by atoms with Gasteiger partial charge in [0, 0.05) is 6.04 Å². The lowest BCUT2D eigenvalue weighted by molar-refractivity contribution is 0.338. The SMILES string of the molecule is CCCCCC(NC)C1CCC(CC)C1. The Morgan fingerprint density at radius 2 is 2.00 bits per heavy atom. The molecule has 1 rings (SSSR count). The third-order valence-corrected chi connectivity index (χ3v) is 4.22. The highest BCUT2D eigenvalue weighted by Crippen LogP contribution is 2.36. The monoisotopic (exact) mass is 211 g/mol. The van der Waals surface area contributed by atoms with Gasteiger partial charge in [-0.25, -0.2) is 0 Å². The van der Waals surface area contributed by atoms with Gasteiger partial charge in [-0.05, 0) is 38.1 Å². The van der Waals surface area contributed by atoms with E-state index in [0.717, 1.165) is 17.9 Å².